The van der Waals surface area contributed by atoms with E-state index >= 15 is 0 Å². The fourth-order valence-corrected chi connectivity index (χ4v) is 3.26. The Morgan fingerprint density at radius 2 is 1.85 bits per heavy atom. The van der Waals surface area contributed by atoms with Crippen molar-refractivity contribution in [2.45, 2.75) is 51.1 Å². The number of nitrogens with zero attached hydrogens (tertiary/aromatic N) is 1. The van der Waals surface area contributed by atoms with Crippen LogP contribution in [0, 0.1) is 0 Å². The highest BCUT2D eigenvalue weighted by Gasteiger charge is 2.16. The van der Waals surface area contributed by atoms with Crippen molar-refractivity contribution >= 4 is 15.9 Å². The van der Waals surface area contributed by atoms with Gasteiger partial charge in [-0.1, -0.05) is 47.3 Å². The maximum Gasteiger partial charge on any atom is 0.0205 e. The van der Waals surface area contributed by atoms with E-state index in [0.29, 0.717) is 0 Å². The predicted octanol–water partition coefficient (Wildman–Crippen LogP) is 4.19. The monoisotopic (exact) mass is 338 g/mol. The van der Waals surface area contributed by atoms with Crippen molar-refractivity contribution in [2.75, 3.05) is 20.1 Å². The van der Waals surface area contributed by atoms with Gasteiger partial charge in [0, 0.05) is 17.1 Å². The van der Waals surface area contributed by atoms with Crippen LogP contribution in [0.3, 0.4) is 0 Å². The molecule has 1 aromatic rings. The van der Waals surface area contributed by atoms with Crippen LogP contribution in [-0.4, -0.2) is 31.1 Å². The van der Waals surface area contributed by atoms with E-state index in [9.17, 15) is 0 Å². The minimum atomic E-state index is 0.843. The Labute approximate surface area is 132 Å². The van der Waals surface area contributed by atoms with Crippen LogP contribution in [0.25, 0.3) is 0 Å². The average Bonchev–Trinajstić information content (AvgIpc) is 2.49. The highest BCUT2D eigenvalue weighted by molar-refractivity contribution is 9.10. The fraction of sp³-hybridized carbons (Fsp3) is 0.647. The molecule has 0 amide bonds. The van der Waals surface area contributed by atoms with Gasteiger partial charge in [0.1, 0.15) is 0 Å². The third-order valence-corrected chi connectivity index (χ3v) is 4.83. The first-order valence-electron chi connectivity index (χ1n) is 7.91. The predicted molar refractivity (Wildman–Crippen MR) is 90.0 cm³/mol. The second kappa shape index (κ2) is 8.81. The Hall–Kier alpha value is -0.380. The highest BCUT2D eigenvalue weighted by atomic mass is 79.9. The Morgan fingerprint density at radius 1 is 1.15 bits per heavy atom. The van der Waals surface area contributed by atoms with Gasteiger partial charge >= 0.3 is 0 Å². The maximum atomic E-state index is 3.54. The SMILES string of the molecule is CN(CCCNCc1ccc(Br)cc1)C1CCCCC1. The molecule has 0 spiro atoms. The second-order valence-electron chi connectivity index (χ2n) is 5.93. The molecule has 0 unspecified atom stereocenters. The van der Waals surface area contributed by atoms with Crippen LogP contribution in [0.4, 0.5) is 0 Å². The summed E-state index contributed by atoms with van der Waals surface area (Å²) in [7, 11) is 2.30. The van der Waals surface area contributed by atoms with Crippen molar-refractivity contribution in [1.29, 1.82) is 0 Å². The lowest BCUT2D eigenvalue weighted by Crippen LogP contribution is -2.35. The Balaban J connectivity index is 1.55. The van der Waals surface area contributed by atoms with Crippen LogP contribution >= 0.6 is 15.9 Å². The van der Waals surface area contributed by atoms with Crippen molar-refractivity contribution in [1.82, 2.24) is 10.2 Å². The molecule has 1 aromatic carbocycles. The largest absolute Gasteiger partial charge is 0.313 e. The maximum absolute atomic E-state index is 3.54. The van der Waals surface area contributed by atoms with Crippen LogP contribution in [0.2, 0.25) is 0 Å². The summed E-state index contributed by atoms with van der Waals surface area (Å²) in [6.07, 6.45) is 8.35. The first kappa shape index (κ1) is 16.0. The molecule has 0 radical (unpaired) electrons. The van der Waals surface area contributed by atoms with E-state index in [4.69, 9.17) is 0 Å². The fourth-order valence-electron chi connectivity index (χ4n) is 2.99. The van der Waals surface area contributed by atoms with Crippen molar-refractivity contribution in [3.8, 4) is 0 Å². The molecule has 3 heteroatoms. The van der Waals surface area contributed by atoms with E-state index < -0.39 is 0 Å². The number of nitrogens with one attached hydrogen (secondary N) is 1. The number of rotatable bonds is 7. The van der Waals surface area contributed by atoms with E-state index in [1.165, 1.54) is 50.6 Å². The molecule has 0 aromatic heterocycles. The molecule has 0 atom stereocenters. The third-order valence-electron chi connectivity index (χ3n) is 4.30. The van der Waals surface area contributed by atoms with Crippen LogP contribution < -0.4 is 5.32 Å². The highest BCUT2D eigenvalue weighted by Crippen LogP contribution is 2.21. The van der Waals surface area contributed by atoms with E-state index in [1.807, 2.05) is 0 Å². The lowest BCUT2D eigenvalue weighted by Gasteiger charge is -2.31. The van der Waals surface area contributed by atoms with Crippen molar-refractivity contribution < 1.29 is 0 Å². The van der Waals surface area contributed by atoms with Gasteiger partial charge in [0.25, 0.3) is 0 Å². The van der Waals surface area contributed by atoms with Gasteiger partial charge in [-0.05, 0) is 57.1 Å². The Kier molecular flexibility index (Phi) is 7.05. The van der Waals surface area contributed by atoms with Gasteiger partial charge < -0.3 is 10.2 Å². The zero-order valence-corrected chi connectivity index (χ0v) is 14.2. The van der Waals surface area contributed by atoms with E-state index in [1.54, 1.807) is 0 Å². The lowest BCUT2D eigenvalue weighted by atomic mass is 9.94. The minimum Gasteiger partial charge on any atom is -0.313 e. The molecule has 112 valence electrons. The van der Waals surface area contributed by atoms with Crippen molar-refractivity contribution in [2.24, 2.45) is 0 Å². The van der Waals surface area contributed by atoms with E-state index in [2.05, 4.69) is 57.5 Å². The number of hydrogen-bond donors (Lipinski definition) is 1. The quantitative estimate of drug-likeness (QED) is 0.749. The van der Waals surface area contributed by atoms with Crippen LogP contribution in [0.1, 0.15) is 44.1 Å². The summed E-state index contributed by atoms with van der Waals surface area (Å²) < 4.78 is 1.15. The number of hydrogen-bond acceptors (Lipinski definition) is 2. The molecular formula is C17H27BrN2. The van der Waals surface area contributed by atoms with Crippen LogP contribution in [0.15, 0.2) is 28.7 Å². The summed E-state index contributed by atoms with van der Waals surface area (Å²) >= 11 is 3.47. The standard InChI is InChI=1S/C17H27BrN2/c1-20(17-6-3-2-4-7-17)13-5-12-19-14-15-8-10-16(18)11-9-15/h8-11,17,19H,2-7,12-14H2,1H3. The normalized spacial score (nSPS) is 16.8. The summed E-state index contributed by atoms with van der Waals surface area (Å²) in [6.45, 7) is 3.30. The topological polar surface area (TPSA) is 15.3 Å². The molecule has 0 heterocycles. The van der Waals surface area contributed by atoms with Crippen LogP contribution in [-0.2, 0) is 6.54 Å². The molecule has 20 heavy (non-hydrogen) atoms. The Morgan fingerprint density at radius 3 is 2.55 bits per heavy atom. The van der Waals surface area contributed by atoms with E-state index in [-0.39, 0.29) is 0 Å². The van der Waals surface area contributed by atoms with Gasteiger partial charge in [-0.2, -0.15) is 0 Å². The molecule has 0 bridgehead atoms. The number of benzene rings is 1. The molecule has 2 rings (SSSR count). The van der Waals surface area contributed by atoms with Gasteiger partial charge in [0.05, 0.1) is 0 Å². The van der Waals surface area contributed by atoms with Gasteiger partial charge in [0.15, 0.2) is 0 Å². The van der Waals surface area contributed by atoms with Crippen molar-refractivity contribution in [3.05, 3.63) is 34.3 Å². The molecule has 1 aliphatic rings. The average molecular weight is 339 g/mol. The van der Waals surface area contributed by atoms with Crippen molar-refractivity contribution in [3.63, 3.8) is 0 Å². The first-order chi connectivity index (χ1) is 9.75. The van der Waals surface area contributed by atoms with Gasteiger partial charge in [-0.25, -0.2) is 0 Å². The molecule has 2 nitrogen and oxygen atoms in total. The lowest BCUT2D eigenvalue weighted by molar-refractivity contribution is 0.189. The second-order valence-corrected chi connectivity index (χ2v) is 6.84. The zero-order chi connectivity index (χ0) is 14.2. The molecule has 1 aliphatic carbocycles. The molecule has 0 aliphatic heterocycles. The van der Waals surface area contributed by atoms with Gasteiger partial charge in [0.2, 0.25) is 0 Å². The minimum absolute atomic E-state index is 0.843. The molecule has 1 saturated carbocycles. The van der Waals surface area contributed by atoms with Gasteiger partial charge in [-0.3, -0.25) is 0 Å². The van der Waals surface area contributed by atoms with Crippen LogP contribution in [0.5, 0.6) is 0 Å². The summed E-state index contributed by atoms with van der Waals surface area (Å²) in [5.74, 6) is 0. The smallest absolute Gasteiger partial charge is 0.0205 e. The summed E-state index contributed by atoms with van der Waals surface area (Å²) in [4.78, 5) is 2.57. The van der Waals surface area contributed by atoms with E-state index in [0.717, 1.165) is 23.6 Å². The first-order valence-corrected chi connectivity index (χ1v) is 8.70. The molecular weight excluding hydrogens is 312 g/mol. The summed E-state index contributed by atoms with van der Waals surface area (Å²) in [5.41, 5.74) is 1.36. The number of halogens is 1. The molecule has 1 N–H and O–H groups in total. The summed E-state index contributed by atoms with van der Waals surface area (Å²) in [5, 5.41) is 3.54. The third kappa shape index (κ3) is 5.55. The molecule has 1 fully saturated rings. The Bertz CT molecular complexity index is 371. The summed E-state index contributed by atoms with van der Waals surface area (Å²) in [6, 6.07) is 9.40. The van der Waals surface area contributed by atoms with Gasteiger partial charge in [-0.15, -0.1) is 0 Å². The molecule has 0 saturated heterocycles. The zero-order valence-electron chi connectivity index (χ0n) is 12.6.